The van der Waals surface area contributed by atoms with Gasteiger partial charge in [-0.1, -0.05) is 37.3 Å². The van der Waals surface area contributed by atoms with E-state index in [0.717, 1.165) is 23.2 Å². The monoisotopic (exact) mass is 509 g/mol. The highest BCUT2D eigenvalue weighted by molar-refractivity contribution is 6.05. The molecule has 8 nitrogen and oxygen atoms in total. The lowest BCUT2D eigenvalue weighted by molar-refractivity contribution is -0.145. The molecule has 3 saturated heterocycles. The van der Waals surface area contributed by atoms with Crippen molar-refractivity contribution in [3.05, 3.63) is 54.6 Å². The summed E-state index contributed by atoms with van der Waals surface area (Å²) in [5.41, 5.74) is 1.55. The van der Waals surface area contributed by atoms with E-state index in [2.05, 4.69) is 13.2 Å². The van der Waals surface area contributed by atoms with Crippen molar-refractivity contribution < 1.29 is 24.2 Å². The Kier molecular flexibility index (Phi) is 7.90. The first kappa shape index (κ1) is 27.1. The second-order valence-corrected chi connectivity index (χ2v) is 10.4. The Hall–Kier alpha value is -2.97. The first-order valence-corrected chi connectivity index (χ1v) is 13.2. The van der Waals surface area contributed by atoms with Gasteiger partial charge in [-0.05, 0) is 44.2 Å². The summed E-state index contributed by atoms with van der Waals surface area (Å²) in [7, 11) is 0. The zero-order valence-corrected chi connectivity index (χ0v) is 22.2. The fourth-order valence-corrected chi connectivity index (χ4v) is 6.79. The summed E-state index contributed by atoms with van der Waals surface area (Å²) >= 11 is 0. The first-order valence-electron chi connectivity index (χ1n) is 13.2. The number of fused-ring (bicyclic) bond motifs is 1. The van der Waals surface area contributed by atoms with E-state index >= 15 is 0 Å². The number of anilines is 1. The predicted molar refractivity (Wildman–Crippen MR) is 142 cm³/mol. The van der Waals surface area contributed by atoms with Crippen molar-refractivity contribution in [1.82, 2.24) is 9.80 Å². The number of benzene rings is 1. The van der Waals surface area contributed by atoms with Crippen LogP contribution in [0.2, 0.25) is 0 Å². The number of para-hydroxylation sites is 1. The second kappa shape index (κ2) is 10.8. The molecule has 0 aromatic heterocycles. The number of amides is 3. The van der Waals surface area contributed by atoms with Crippen molar-refractivity contribution in [2.24, 2.45) is 11.8 Å². The summed E-state index contributed by atoms with van der Waals surface area (Å²) in [4.78, 5) is 47.0. The number of aliphatic hydroxyl groups is 1. The normalized spacial score (nSPS) is 27.8. The number of carbonyl (C=O) groups excluding carboxylic acids is 3. The minimum absolute atomic E-state index is 0.00242. The Bertz CT molecular complexity index is 1070. The number of hydrogen-bond acceptors (Lipinski definition) is 5. The molecule has 0 saturated carbocycles. The summed E-state index contributed by atoms with van der Waals surface area (Å²) < 4.78 is 6.54. The third-order valence-corrected chi connectivity index (χ3v) is 8.10. The maximum atomic E-state index is 14.4. The highest BCUT2D eigenvalue weighted by Crippen LogP contribution is 2.59. The molecule has 37 heavy (non-hydrogen) atoms. The molecule has 2 bridgehead atoms. The van der Waals surface area contributed by atoms with E-state index in [1.54, 1.807) is 22.0 Å². The summed E-state index contributed by atoms with van der Waals surface area (Å²) in [6.45, 7) is 14.5. The Balaban J connectivity index is 1.78. The van der Waals surface area contributed by atoms with E-state index in [1.807, 2.05) is 39.0 Å². The lowest BCUT2D eigenvalue weighted by Gasteiger charge is -2.37. The van der Waals surface area contributed by atoms with E-state index in [4.69, 9.17) is 4.74 Å². The highest BCUT2D eigenvalue weighted by Gasteiger charge is 2.74. The van der Waals surface area contributed by atoms with Gasteiger partial charge >= 0.3 is 0 Å². The average Bonchev–Trinajstić information content (AvgIpc) is 3.50. The van der Waals surface area contributed by atoms with E-state index in [9.17, 15) is 19.5 Å². The van der Waals surface area contributed by atoms with Gasteiger partial charge in [0.2, 0.25) is 11.8 Å². The highest BCUT2D eigenvalue weighted by atomic mass is 16.5. The number of rotatable bonds is 11. The number of aliphatic hydroxyl groups excluding tert-OH is 1. The summed E-state index contributed by atoms with van der Waals surface area (Å²) in [6, 6.07) is 4.91. The van der Waals surface area contributed by atoms with Gasteiger partial charge in [-0.25, -0.2) is 0 Å². The molecular formula is C29H39N3O5. The minimum atomic E-state index is -1.10. The Labute approximate surface area is 219 Å². The van der Waals surface area contributed by atoms with Gasteiger partial charge in [0, 0.05) is 31.9 Å². The smallest absolute Gasteiger partial charge is 0.253 e. The fraction of sp³-hybridized carbons (Fsp3) is 0.552. The SMILES string of the molecule is C=CCN(CCC)C(=O)[C@@H]1[C@H]2C(=O)N(CCO)C(C(=O)N(CC=C)c3c(C)cccc3C)C23CC[C@H]1O3. The quantitative estimate of drug-likeness (QED) is 0.463. The zero-order chi connectivity index (χ0) is 26.9. The molecule has 2 unspecified atom stereocenters. The van der Waals surface area contributed by atoms with E-state index < -0.39 is 29.6 Å². The molecule has 0 aliphatic carbocycles. The van der Waals surface area contributed by atoms with Crippen LogP contribution in [0.3, 0.4) is 0 Å². The summed E-state index contributed by atoms with van der Waals surface area (Å²) in [5.74, 6) is -2.09. The number of β-amino-alcohol motifs (C(OH)–C–C–N with tert-alkyl or cyclic N) is 1. The van der Waals surface area contributed by atoms with Crippen LogP contribution >= 0.6 is 0 Å². The molecule has 4 rings (SSSR count). The Morgan fingerprint density at radius 2 is 1.86 bits per heavy atom. The second-order valence-electron chi connectivity index (χ2n) is 10.4. The fourth-order valence-electron chi connectivity index (χ4n) is 6.79. The van der Waals surface area contributed by atoms with Crippen molar-refractivity contribution in [3.8, 4) is 0 Å². The van der Waals surface area contributed by atoms with Crippen molar-refractivity contribution in [3.63, 3.8) is 0 Å². The van der Waals surface area contributed by atoms with E-state index in [1.165, 1.54) is 4.90 Å². The van der Waals surface area contributed by atoms with Crippen LogP contribution in [0.1, 0.15) is 37.3 Å². The first-order chi connectivity index (χ1) is 17.8. The number of likely N-dealkylation sites (tertiary alicyclic amines) is 1. The van der Waals surface area contributed by atoms with Crippen LogP contribution in [0.25, 0.3) is 0 Å². The number of hydrogen-bond donors (Lipinski definition) is 1. The van der Waals surface area contributed by atoms with Crippen LogP contribution < -0.4 is 4.90 Å². The summed E-state index contributed by atoms with van der Waals surface area (Å²) in [5, 5.41) is 9.86. The Morgan fingerprint density at radius 1 is 1.19 bits per heavy atom. The van der Waals surface area contributed by atoms with Gasteiger partial charge in [0.15, 0.2) is 0 Å². The molecule has 200 valence electrons. The number of nitrogens with zero attached hydrogens (tertiary/aromatic N) is 3. The molecule has 3 heterocycles. The Morgan fingerprint density at radius 3 is 2.46 bits per heavy atom. The lowest BCUT2D eigenvalue weighted by Crippen LogP contribution is -2.57. The lowest BCUT2D eigenvalue weighted by atomic mass is 9.70. The molecule has 3 fully saturated rings. The standard InChI is InChI=1S/C29H39N3O5/c1-6-14-30(15-7-2)26(34)22-21-12-13-29(37-21)23(22)27(35)32(17-18-33)25(29)28(36)31(16-8-3)24-19(4)10-9-11-20(24)5/h6,8-11,21-23,25,33H,1,3,7,12-18H2,2,4-5H3/t21-,22+,23+,25?,29?/m1/s1. The minimum Gasteiger partial charge on any atom is -0.395 e. The molecule has 1 aromatic carbocycles. The van der Waals surface area contributed by atoms with Gasteiger partial charge in [-0.3, -0.25) is 14.4 Å². The summed E-state index contributed by atoms with van der Waals surface area (Å²) in [6.07, 6.45) is 4.85. The maximum absolute atomic E-state index is 14.4. The van der Waals surface area contributed by atoms with Gasteiger partial charge < -0.3 is 24.5 Å². The molecule has 1 aromatic rings. The van der Waals surface area contributed by atoms with Crippen LogP contribution in [-0.4, -0.2) is 83.2 Å². The van der Waals surface area contributed by atoms with Crippen LogP contribution in [0, 0.1) is 25.7 Å². The van der Waals surface area contributed by atoms with Crippen LogP contribution in [-0.2, 0) is 19.1 Å². The topological polar surface area (TPSA) is 90.4 Å². The largest absolute Gasteiger partial charge is 0.395 e. The molecular weight excluding hydrogens is 470 g/mol. The van der Waals surface area contributed by atoms with Crippen LogP contribution in [0.4, 0.5) is 5.69 Å². The molecule has 5 atom stereocenters. The number of carbonyl (C=O) groups is 3. The molecule has 8 heteroatoms. The van der Waals surface area contributed by atoms with Gasteiger partial charge in [0.25, 0.3) is 5.91 Å². The predicted octanol–water partition coefficient (Wildman–Crippen LogP) is 2.61. The maximum Gasteiger partial charge on any atom is 0.253 e. The van der Waals surface area contributed by atoms with Crippen LogP contribution in [0.15, 0.2) is 43.5 Å². The third kappa shape index (κ3) is 4.30. The van der Waals surface area contributed by atoms with Crippen molar-refractivity contribution in [1.29, 1.82) is 0 Å². The molecule has 3 amide bonds. The molecule has 0 radical (unpaired) electrons. The zero-order valence-electron chi connectivity index (χ0n) is 22.2. The molecule has 1 spiro atoms. The van der Waals surface area contributed by atoms with Crippen molar-refractivity contribution in [2.75, 3.05) is 37.7 Å². The van der Waals surface area contributed by atoms with E-state index in [0.29, 0.717) is 25.9 Å². The van der Waals surface area contributed by atoms with E-state index in [-0.39, 0.29) is 37.4 Å². The molecule has 1 N–H and O–H groups in total. The average molecular weight is 510 g/mol. The molecule has 3 aliphatic heterocycles. The van der Waals surface area contributed by atoms with Gasteiger partial charge in [0.05, 0.1) is 24.5 Å². The van der Waals surface area contributed by atoms with Crippen LogP contribution in [0.5, 0.6) is 0 Å². The van der Waals surface area contributed by atoms with Gasteiger partial charge in [-0.15, -0.1) is 13.2 Å². The molecule has 3 aliphatic rings. The third-order valence-electron chi connectivity index (χ3n) is 8.10. The number of ether oxygens (including phenoxy) is 1. The van der Waals surface area contributed by atoms with Crippen molar-refractivity contribution in [2.45, 2.75) is 57.8 Å². The number of aryl methyl sites for hydroxylation is 2. The van der Waals surface area contributed by atoms with Crippen molar-refractivity contribution >= 4 is 23.4 Å². The van der Waals surface area contributed by atoms with Gasteiger partial charge in [-0.2, -0.15) is 0 Å². The van der Waals surface area contributed by atoms with Gasteiger partial charge in [0.1, 0.15) is 11.6 Å².